The Kier molecular flexibility index (Phi) is 5.61. The molecule has 1 heterocycles. The van der Waals surface area contributed by atoms with Crippen LogP contribution in [-0.4, -0.2) is 30.1 Å². The van der Waals surface area contributed by atoms with Crippen molar-refractivity contribution in [1.82, 2.24) is 10.3 Å². The predicted octanol–water partition coefficient (Wildman–Crippen LogP) is 2.81. The Bertz CT molecular complexity index is 420. The van der Waals surface area contributed by atoms with Gasteiger partial charge in [0.15, 0.2) is 0 Å². The van der Waals surface area contributed by atoms with Crippen LogP contribution in [0.1, 0.15) is 42.5 Å². The summed E-state index contributed by atoms with van der Waals surface area (Å²) < 4.78 is 5.74. The molecule has 0 bridgehead atoms. The van der Waals surface area contributed by atoms with Crippen molar-refractivity contribution in [2.45, 2.75) is 38.2 Å². The lowest BCUT2D eigenvalue weighted by Gasteiger charge is -2.22. The second-order valence-electron chi connectivity index (χ2n) is 4.74. The first kappa shape index (κ1) is 14.3. The summed E-state index contributed by atoms with van der Waals surface area (Å²) >= 11 is 5.90. The zero-order valence-corrected chi connectivity index (χ0v) is 11.7. The van der Waals surface area contributed by atoms with Crippen LogP contribution in [0.2, 0.25) is 5.02 Å². The number of amides is 1. The Morgan fingerprint density at radius 1 is 1.42 bits per heavy atom. The summed E-state index contributed by atoms with van der Waals surface area (Å²) in [5.41, 5.74) is 0.453. The highest BCUT2D eigenvalue weighted by atomic mass is 35.5. The van der Waals surface area contributed by atoms with Gasteiger partial charge in [-0.2, -0.15) is 0 Å². The molecule has 0 aliphatic heterocycles. The van der Waals surface area contributed by atoms with Crippen LogP contribution in [0.15, 0.2) is 18.5 Å². The first-order chi connectivity index (χ1) is 9.27. The van der Waals surface area contributed by atoms with E-state index >= 15 is 0 Å². The molecule has 0 saturated heterocycles. The lowest BCUT2D eigenvalue weighted by Crippen LogP contribution is -2.29. The molecular formula is C14H19ClN2O2. The van der Waals surface area contributed by atoms with Gasteiger partial charge in [0.05, 0.1) is 23.3 Å². The van der Waals surface area contributed by atoms with Gasteiger partial charge in [-0.1, -0.05) is 30.9 Å². The summed E-state index contributed by atoms with van der Waals surface area (Å²) in [4.78, 5) is 15.7. The highest BCUT2D eigenvalue weighted by molar-refractivity contribution is 6.33. The van der Waals surface area contributed by atoms with Gasteiger partial charge in [0, 0.05) is 18.9 Å². The van der Waals surface area contributed by atoms with Crippen LogP contribution < -0.4 is 5.32 Å². The highest BCUT2D eigenvalue weighted by Gasteiger charge is 2.14. The van der Waals surface area contributed by atoms with Gasteiger partial charge in [-0.05, 0) is 18.9 Å². The first-order valence-corrected chi connectivity index (χ1v) is 7.14. The molecule has 0 radical (unpaired) electrons. The molecule has 0 unspecified atom stereocenters. The first-order valence-electron chi connectivity index (χ1n) is 6.76. The lowest BCUT2D eigenvalue weighted by atomic mass is 9.98. The van der Waals surface area contributed by atoms with E-state index in [0.29, 0.717) is 29.8 Å². The lowest BCUT2D eigenvalue weighted by molar-refractivity contribution is 0.0299. The minimum Gasteiger partial charge on any atom is -0.376 e. The van der Waals surface area contributed by atoms with Crippen molar-refractivity contribution >= 4 is 17.5 Å². The normalized spacial score (nSPS) is 16.3. The SMILES string of the molecule is O=C(NCCOC1CCCCC1)c1ccncc1Cl. The Morgan fingerprint density at radius 3 is 2.95 bits per heavy atom. The number of aromatic nitrogens is 1. The number of nitrogens with zero attached hydrogens (tertiary/aromatic N) is 1. The molecule has 0 spiro atoms. The smallest absolute Gasteiger partial charge is 0.252 e. The van der Waals surface area contributed by atoms with Crippen LogP contribution in [0, 0.1) is 0 Å². The number of pyridine rings is 1. The van der Waals surface area contributed by atoms with Crippen molar-refractivity contribution in [2.24, 2.45) is 0 Å². The highest BCUT2D eigenvalue weighted by Crippen LogP contribution is 2.19. The monoisotopic (exact) mass is 282 g/mol. The van der Waals surface area contributed by atoms with Crippen molar-refractivity contribution < 1.29 is 9.53 Å². The molecule has 1 aliphatic rings. The number of carbonyl (C=O) groups is 1. The Labute approximate surface area is 118 Å². The van der Waals surface area contributed by atoms with Crippen LogP contribution >= 0.6 is 11.6 Å². The van der Waals surface area contributed by atoms with Gasteiger partial charge in [0.2, 0.25) is 0 Å². The number of nitrogens with one attached hydrogen (secondary N) is 1. The number of ether oxygens (including phenoxy) is 1. The molecule has 104 valence electrons. The van der Waals surface area contributed by atoms with E-state index in [1.807, 2.05) is 0 Å². The number of halogens is 1. The summed E-state index contributed by atoms with van der Waals surface area (Å²) in [6, 6.07) is 1.61. The van der Waals surface area contributed by atoms with E-state index in [4.69, 9.17) is 16.3 Å². The van der Waals surface area contributed by atoms with Gasteiger partial charge in [-0.15, -0.1) is 0 Å². The molecule has 2 rings (SSSR count). The van der Waals surface area contributed by atoms with E-state index in [1.54, 1.807) is 12.3 Å². The second kappa shape index (κ2) is 7.46. The quantitative estimate of drug-likeness (QED) is 0.845. The number of rotatable bonds is 5. The standard InChI is InChI=1S/C14H19ClN2O2/c15-13-10-16-7-6-12(13)14(18)17-8-9-19-11-4-2-1-3-5-11/h6-7,10-11H,1-5,8-9H2,(H,17,18). The number of carbonyl (C=O) groups excluding carboxylic acids is 1. The van der Waals surface area contributed by atoms with E-state index in [9.17, 15) is 4.79 Å². The van der Waals surface area contributed by atoms with E-state index in [0.717, 1.165) is 12.8 Å². The maximum absolute atomic E-state index is 11.8. The fourth-order valence-corrected chi connectivity index (χ4v) is 2.48. The van der Waals surface area contributed by atoms with Crippen molar-refractivity contribution in [1.29, 1.82) is 0 Å². The van der Waals surface area contributed by atoms with Gasteiger partial charge >= 0.3 is 0 Å². The third kappa shape index (κ3) is 4.48. The van der Waals surface area contributed by atoms with Crippen molar-refractivity contribution in [3.8, 4) is 0 Å². The zero-order valence-electron chi connectivity index (χ0n) is 10.9. The van der Waals surface area contributed by atoms with E-state index in [2.05, 4.69) is 10.3 Å². The van der Waals surface area contributed by atoms with Gasteiger partial charge < -0.3 is 10.1 Å². The third-order valence-corrected chi connectivity index (χ3v) is 3.61. The molecule has 1 fully saturated rings. The topological polar surface area (TPSA) is 51.2 Å². The van der Waals surface area contributed by atoms with Gasteiger partial charge in [0.25, 0.3) is 5.91 Å². The fourth-order valence-electron chi connectivity index (χ4n) is 2.28. The molecule has 1 N–H and O–H groups in total. The maximum atomic E-state index is 11.8. The molecule has 1 amide bonds. The van der Waals surface area contributed by atoms with E-state index < -0.39 is 0 Å². The Hall–Kier alpha value is -1.13. The van der Waals surface area contributed by atoms with Gasteiger partial charge in [-0.25, -0.2) is 0 Å². The summed E-state index contributed by atoms with van der Waals surface area (Å²) in [6.07, 6.45) is 9.50. The summed E-state index contributed by atoms with van der Waals surface area (Å²) in [5.74, 6) is -0.181. The van der Waals surface area contributed by atoms with Crippen molar-refractivity contribution in [3.63, 3.8) is 0 Å². The molecular weight excluding hydrogens is 264 g/mol. The zero-order chi connectivity index (χ0) is 13.5. The minimum absolute atomic E-state index is 0.181. The predicted molar refractivity (Wildman–Crippen MR) is 74.4 cm³/mol. The van der Waals surface area contributed by atoms with Crippen LogP contribution in [0.5, 0.6) is 0 Å². The van der Waals surface area contributed by atoms with Crippen molar-refractivity contribution in [3.05, 3.63) is 29.0 Å². The molecule has 0 atom stereocenters. The average molecular weight is 283 g/mol. The molecule has 4 nitrogen and oxygen atoms in total. The molecule has 5 heteroatoms. The maximum Gasteiger partial charge on any atom is 0.252 e. The number of hydrogen-bond donors (Lipinski definition) is 1. The summed E-state index contributed by atoms with van der Waals surface area (Å²) in [7, 11) is 0. The average Bonchev–Trinajstić information content (AvgIpc) is 2.45. The van der Waals surface area contributed by atoms with E-state index in [1.165, 1.54) is 25.5 Å². The molecule has 1 saturated carbocycles. The van der Waals surface area contributed by atoms with Crippen LogP contribution in [0.25, 0.3) is 0 Å². The second-order valence-corrected chi connectivity index (χ2v) is 5.15. The van der Waals surface area contributed by atoms with Crippen LogP contribution in [0.3, 0.4) is 0 Å². The van der Waals surface area contributed by atoms with Crippen molar-refractivity contribution in [2.75, 3.05) is 13.2 Å². The van der Waals surface area contributed by atoms with Crippen LogP contribution in [-0.2, 0) is 4.74 Å². The molecule has 1 aliphatic carbocycles. The van der Waals surface area contributed by atoms with Gasteiger partial charge in [0.1, 0.15) is 0 Å². The van der Waals surface area contributed by atoms with E-state index in [-0.39, 0.29) is 5.91 Å². The largest absolute Gasteiger partial charge is 0.376 e. The summed E-state index contributed by atoms with van der Waals surface area (Å²) in [5, 5.41) is 3.17. The molecule has 19 heavy (non-hydrogen) atoms. The molecule has 1 aromatic rings. The minimum atomic E-state index is -0.181. The summed E-state index contributed by atoms with van der Waals surface area (Å²) in [6.45, 7) is 1.06. The van der Waals surface area contributed by atoms with Gasteiger partial charge in [-0.3, -0.25) is 9.78 Å². The van der Waals surface area contributed by atoms with Crippen LogP contribution in [0.4, 0.5) is 0 Å². The Morgan fingerprint density at radius 2 is 2.21 bits per heavy atom. The molecule has 0 aromatic carbocycles. The third-order valence-electron chi connectivity index (χ3n) is 3.31. The molecule has 1 aromatic heterocycles. The fraction of sp³-hybridized carbons (Fsp3) is 0.571. The Balaban J connectivity index is 1.68. The number of hydrogen-bond acceptors (Lipinski definition) is 3.